The van der Waals surface area contributed by atoms with Crippen LogP contribution in [0, 0.1) is 0 Å². The number of hydrogen-bond acceptors (Lipinski definition) is 2. The zero-order valence-electron chi connectivity index (χ0n) is 7.88. The lowest BCUT2D eigenvalue weighted by Gasteiger charge is -1.97. The molecule has 0 bridgehead atoms. The first kappa shape index (κ1) is 10.5. The maximum atomic E-state index is 4.49. The Labute approximate surface area is 102 Å². The normalized spacial score (nSPS) is 11.1. The van der Waals surface area contributed by atoms with E-state index in [-0.39, 0.29) is 0 Å². The summed E-state index contributed by atoms with van der Waals surface area (Å²) in [5.74, 6) is 0. The van der Waals surface area contributed by atoms with Gasteiger partial charge < -0.3 is 0 Å². The Bertz CT molecular complexity index is 460. The van der Waals surface area contributed by atoms with E-state index < -0.39 is 0 Å². The van der Waals surface area contributed by atoms with Gasteiger partial charge in [0.1, 0.15) is 0 Å². The van der Waals surface area contributed by atoms with E-state index in [1.54, 1.807) is 11.3 Å². The molecule has 0 fully saturated rings. The van der Waals surface area contributed by atoms with Gasteiger partial charge in [0, 0.05) is 10.0 Å². The second-order valence-electron chi connectivity index (χ2n) is 3.20. The van der Waals surface area contributed by atoms with E-state index in [4.69, 9.17) is 0 Å². The molecule has 0 radical (unpaired) electrons. The predicted molar refractivity (Wildman–Crippen MR) is 71.1 cm³/mol. The molecule has 0 aliphatic rings. The summed E-state index contributed by atoms with van der Waals surface area (Å²) in [5.41, 5.74) is 2.71. The van der Waals surface area contributed by atoms with Crippen molar-refractivity contribution in [2.75, 3.05) is 0 Å². The van der Waals surface area contributed by atoms with Crippen molar-refractivity contribution in [3.05, 3.63) is 29.3 Å². The number of halogens is 1. The highest BCUT2D eigenvalue weighted by Crippen LogP contribution is 2.35. The van der Waals surface area contributed by atoms with E-state index in [1.807, 2.05) is 0 Å². The van der Waals surface area contributed by atoms with Crippen LogP contribution in [0.15, 0.2) is 22.4 Å². The number of alkyl halides is 1. The zero-order chi connectivity index (χ0) is 10.1. The Morgan fingerprint density at radius 1 is 1.43 bits per heavy atom. The number of hydrogen-bond donors (Lipinski definition) is 1. The minimum atomic E-state index is 0.886. The highest BCUT2D eigenvalue weighted by molar-refractivity contribution is 9.08. The molecule has 0 nitrogen and oxygen atoms in total. The molecule has 3 heteroatoms. The van der Waals surface area contributed by atoms with E-state index in [9.17, 15) is 0 Å². The molecule has 2 aromatic rings. The second kappa shape index (κ2) is 4.25. The van der Waals surface area contributed by atoms with Crippen molar-refractivity contribution in [1.82, 2.24) is 0 Å². The summed E-state index contributed by atoms with van der Waals surface area (Å²) in [7, 11) is 0. The third-order valence-corrected chi connectivity index (χ3v) is 4.48. The molecule has 2 rings (SSSR count). The lowest BCUT2D eigenvalue weighted by atomic mass is 10.1. The van der Waals surface area contributed by atoms with Crippen LogP contribution in [0.4, 0.5) is 0 Å². The Hall–Kier alpha value is 0.01000. The molecule has 0 aliphatic carbocycles. The second-order valence-corrected chi connectivity index (χ2v) is 5.57. The first-order valence-electron chi connectivity index (χ1n) is 4.55. The van der Waals surface area contributed by atoms with E-state index in [2.05, 4.69) is 53.7 Å². The maximum Gasteiger partial charge on any atom is 0.0621 e. The summed E-state index contributed by atoms with van der Waals surface area (Å²) < 4.78 is 2.48. The molecule has 0 saturated carbocycles. The Morgan fingerprint density at radius 3 is 2.86 bits per heavy atom. The average molecular weight is 287 g/mol. The molecular formula is C11H11BrS2. The van der Waals surface area contributed by atoms with Gasteiger partial charge in [-0.25, -0.2) is 0 Å². The Morgan fingerprint density at radius 2 is 2.21 bits per heavy atom. The highest BCUT2D eigenvalue weighted by atomic mass is 79.9. The largest absolute Gasteiger partial charge is 0.132 e. The van der Waals surface area contributed by atoms with E-state index in [1.165, 1.54) is 21.2 Å². The van der Waals surface area contributed by atoms with Crippen molar-refractivity contribution in [1.29, 1.82) is 0 Å². The van der Waals surface area contributed by atoms with Crippen LogP contribution in [-0.2, 0) is 11.8 Å². The van der Waals surface area contributed by atoms with Crippen LogP contribution in [0.25, 0.3) is 10.1 Å². The minimum Gasteiger partial charge on any atom is -0.132 e. The van der Waals surface area contributed by atoms with E-state index in [0.29, 0.717) is 0 Å². The van der Waals surface area contributed by atoms with Gasteiger partial charge in [-0.05, 0) is 29.0 Å². The summed E-state index contributed by atoms with van der Waals surface area (Å²) in [6, 6.07) is 6.68. The van der Waals surface area contributed by atoms with Crippen LogP contribution in [0.5, 0.6) is 0 Å². The minimum absolute atomic E-state index is 0.886. The van der Waals surface area contributed by atoms with Crippen LogP contribution >= 0.6 is 39.9 Å². The van der Waals surface area contributed by atoms with Crippen LogP contribution in [-0.4, -0.2) is 0 Å². The molecule has 0 unspecified atom stereocenters. The molecule has 1 heterocycles. The van der Waals surface area contributed by atoms with Crippen LogP contribution in [0.3, 0.4) is 0 Å². The predicted octanol–water partition coefficient (Wildman–Crippen LogP) is 4.65. The molecule has 1 aromatic heterocycles. The fourth-order valence-corrected chi connectivity index (χ4v) is 4.03. The van der Waals surface area contributed by atoms with Crippen molar-refractivity contribution < 1.29 is 0 Å². The number of fused-ring (bicyclic) bond motifs is 1. The Kier molecular flexibility index (Phi) is 3.20. The fourth-order valence-electron chi connectivity index (χ4n) is 1.53. The van der Waals surface area contributed by atoms with Gasteiger partial charge in [-0.2, -0.15) is 0 Å². The van der Waals surface area contributed by atoms with Gasteiger partial charge in [-0.15, -0.1) is 24.0 Å². The topological polar surface area (TPSA) is 0 Å². The lowest BCUT2D eigenvalue weighted by molar-refractivity contribution is 1.15. The van der Waals surface area contributed by atoms with Gasteiger partial charge in [-0.1, -0.05) is 35.0 Å². The summed E-state index contributed by atoms with van der Waals surface area (Å²) in [5, 5.41) is 2.23. The van der Waals surface area contributed by atoms with Gasteiger partial charge in [0.05, 0.1) is 4.21 Å². The molecule has 0 spiro atoms. The number of benzene rings is 1. The number of rotatable bonds is 2. The maximum absolute atomic E-state index is 4.49. The van der Waals surface area contributed by atoms with E-state index in [0.717, 1.165) is 16.0 Å². The standard InChI is InChI=1S/C11H11BrS2/c1-2-7-3-4-8-9(6-12)11(13)14-10(8)5-7/h3-5,13H,2,6H2,1H3. The van der Waals surface area contributed by atoms with Crippen molar-refractivity contribution in [3.8, 4) is 0 Å². The Balaban J connectivity index is 2.68. The fraction of sp³-hybridized carbons (Fsp3) is 0.273. The summed E-state index contributed by atoms with van der Waals surface area (Å²) in [6.07, 6.45) is 1.10. The number of thiophene rings is 1. The quantitative estimate of drug-likeness (QED) is 0.603. The zero-order valence-corrected chi connectivity index (χ0v) is 11.2. The lowest BCUT2D eigenvalue weighted by Crippen LogP contribution is -1.79. The molecular weight excluding hydrogens is 276 g/mol. The molecule has 0 amide bonds. The molecule has 0 aliphatic heterocycles. The average Bonchev–Trinajstić information content (AvgIpc) is 2.51. The first-order chi connectivity index (χ1) is 6.76. The van der Waals surface area contributed by atoms with Crippen LogP contribution in [0.1, 0.15) is 18.1 Å². The monoisotopic (exact) mass is 286 g/mol. The molecule has 0 N–H and O–H groups in total. The number of thiol groups is 1. The third-order valence-electron chi connectivity index (χ3n) is 2.38. The van der Waals surface area contributed by atoms with E-state index >= 15 is 0 Å². The van der Waals surface area contributed by atoms with Gasteiger partial charge >= 0.3 is 0 Å². The van der Waals surface area contributed by atoms with Gasteiger partial charge in [-0.3, -0.25) is 0 Å². The van der Waals surface area contributed by atoms with Gasteiger partial charge in [0.15, 0.2) is 0 Å². The molecule has 0 atom stereocenters. The first-order valence-corrected chi connectivity index (χ1v) is 6.94. The molecule has 1 aromatic carbocycles. The summed E-state index contributed by atoms with van der Waals surface area (Å²) in [6.45, 7) is 2.18. The van der Waals surface area contributed by atoms with Crippen LogP contribution in [0.2, 0.25) is 0 Å². The van der Waals surface area contributed by atoms with Gasteiger partial charge in [0.25, 0.3) is 0 Å². The van der Waals surface area contributed by atoms with Crippen LogP contribution < -0.4 is 0 Å². The number of aryl methyl sites for hydroxylation is 1. The summed E-state index contributed by atoms with van der Waals surface area (Å²) in [4.78, 5) is 0. The molecule has 0 saturated heterocycles. The van der Waals surface area contributed by atoms with Crippen molar-refractivity contribution in [2.24, 2.45) is 0 Å². The molecule has 74 valence electrons. The van der Waals surface area contributed by atoms with Crippen molar-refractivity contribution in [3.63, 3.8) is 0 Å². The molecule has 14 heavy (non-hydrogen) atoms. The summed E-state index contributed by atoms with van der Waals surface area (Å²) >= 11 is 9.76. The van der Waals surface area contributed by atoms with Crippen molar-refractivity contribution in [2.45, 2.75) is 22.9 Å². The van der Waals surface area contributed by atoms with Crippen molar-refractivity contribution >= 4 is 50.0 Å². The SMILES string of the molecule is CCc1ccc2c(CBr)c(S)sc2c1. The highest BCUT2D eigenvalue weighted by Gasteiger charge is 2.08. The van der Waals surface area contributed by atoms with Gasteiger partial charge in [0.2, 0.25) is 0 Å². The third kappa shape index (κ3) is 1.73. The smallest absolute Gasteiger partial charge is 0.0621 e.